The summed E-state index contributed by atoms with van der Waals surface area (Å²) in [5.41, 5.74) is 7.09. The van der Waals surface area contributed by atoms with E-state index in [9.17, 15) is 9.90 Å². The maximum absolute atomic E-state index is 11.3. The van der Waals surface area contributed by atoms with Gasteiger partial charge in [0, 0.05) is 5.56 Å². The van der Waals surface area contributed by atoms with Gasteiger partial charge in [-0.1, -0.05) is 100 Å². The van der Waals surface area contributed by atoms with Gasteiger partial charge < -0.3 is 14.6 Å². The van der Waals surface area contributed by atoms with Crippen LogP contribution in [0.25, 0.3) is 0 Å². The molecule has 4 aromatic rings. The normalized spacial score (nSPS) is 10.5. The molecule has 4 heteroatoms. The van der Waals surface area contributed by atoms with Gasteiger partial charge in [-0.3, -0.25) is 4.79 Å². The molecule has 0 aliphatic carbocycles. The van der Waals surface area contributed by atoms with Crippen molar-refractivity contribution in [3.8, 4) is 17.2 Å². The summed E-state index contributed by atoms with van der Waals surface area (Å²) in [6, 6.07) is 28.1. The van der Waals surface area contributed by atoms with Crippen LogP contribution in [0.1, 0.15) is 96.1 Å². The number of hydrogen-bond acceptors (Lipinski definition) is 4. The Hall–Kier alpha value is -4.05. The highest BCUT2D eigenvalue weighted by atomic mass is 16.5. The van der Waals surface area contributed by atoms with Crippen LogP contribution in [0.3, 0.4) is 0 Å². The van der Waals surface area contributed by atoms with Crippen molar-refractivity contribution in [2.45, 2.75) is 92.3 Å². The molecule has 0 amide bonds. The number of aldehydes is 1. The van der Waals surface area contributed by atoms with E-state index in [1.165, 1.54) is 25.7 Å². The van der Waals surface area contributed by atoms with Gasteiger partial charge in [0.1, 0.15) is 30.5 Å². The zero-order chi connectivity index (χ0) is 30.9. The molecule has 0 radical (unpaired) electrons. The minimum absolute atomic E-state index is 0.415. The van der Waals surface area contributed by atoms with Crippen LogP contribution in [0.5, 0.6) is 17.2 Å². The fraction of sp³-hybridized carbons (Fsp3) is 0.359. The lowest BCUT2D eigenvalue weighted by Crippen LogP contribution is -2.01. The molecule has 0 heterocycles. The Morgan fingerprint density at radius 3 is 1.58 bits per heavy atom. The van der Waals surface area contributed by atoms with E-state index in [0.29, 0.717) is 19.0 Å². The van der Waals surface area contributed by atoms with E-state index in [4.69, 9.17) is 9.47 Å². The summed E-state index contributed by atoms with van der Waals surface area (Å²) in [5.74, 6) is 2.09. The first kappa shape index (κ1) is 33.5. The summed E-state index contributed by atoms with van der Waals surface area (Å²) in [5, 5.41) is 10.2. The molecule has 0 aliphatic heterocycles. The minimum atomic E-state index is 0.415. The summed E-state index contributed by atoms with van der Waals surface area (Å²) >= 11 is 0. The highest BCUT2D eigenvalue weighted by molar-refractivity contribution is 5.80. The van der Waals surface area contributed by atoms with Gasteiger partial charge in [-0.15, -0.1) is 0 Å². The molecule has 0 fully saturated rings. The monoisotopic (exact) mass is 580 g/mol. The van der Waals surface area contributed by atoms with E-state index in [2.05, 4.69) is 38.1 Å². The third-order valence-electron chi connectivity index (χ3n) is 7.51. The van der Waals surface area contributed by atoms with Gasteiger partial charge in [-0.25, -0.2) is 0 Å². The Balaban J connectivity index is 0.000000236. The van der Waals surface area contributed by atoms with Crippen molar-refractivity contribution < 1.29 is 19.4 Å². The lowest BCUT2D eigenvalue weighted by Gasteiger charge is -2.13. The van der Waals surface area contributed by atoms with Gasteiger partial charge in [0.15, 0.2) is 6.29 Å². The molecule has 43 heavy (non-hydrogen) atoms. The summed E-state index contributed by atoms with van der Waals surface area (Å²) in [6.45, 7) is 9.38. The van der Waals surface area contributed by atoms with Crippen LogP contribution in [0.15, 0.2) is 84.9 Å². The average Bonchev–Trinajstić information content (AvgIpc) is 3.02. The maximum atomic E-state index is 11.3. The van der Waals surface area contributed by atoms with E-state index < -0.39 is 0 Å². The van der Waals surface area contributed by atoms with Crippen molar-refractivity contribution in [3.05, 3.63) is 124 Å². The van der Waals surface area contributed by atoms with E-state index in [0.717, 1.165) is 82.4 Å². The Morgan fingerprint density at radius 2 is 1.09 bits per heavy atom. The number of carbonyl (C=O) groups is 1. The van der Waals surface area contributed by atoms with E-state index >= 15 is 0 Å². The van der Waals surface area contributed by atoms with E-state index in [1.54, 1.807) is 0 Å². The van der Waals surface area contributed by atoms with Gasteiger partial charge in [-0.05, 0) is 97.2 Å². The lowest BCUT2D eigenvalue weighted by atomic mass is 9.97. The fourth-order valence-electron chi connectivity index (χ4n) is 5.00. The lowest BCUT2D eigenvalue weighted by molar-refractivity contribution is 0.112. The molecule has 0 saturated carbocycles. The molecule has 4 aromatic carbocycles. The molecule has 0 unspecified atom stereocenters. The topological polar surface area (TPSA) is 55.8 Å². The number of hydrogen-bond donors (Lipinski definition) is 1. The number of aromatic hydroxyl groups is 1. The smallest absolute Gasteiger partial charge is 0.150 e. The summed E-state index contributed by atoms with van der Waals surface area (Å²) < 4.78 is 11.8. The second-order valence-electron chi connectivity index (χ2n) is 11.1. The quantitative estimate of drug-likeness (QED) is 0.112. The van der Waals surface area contributed by atoms with Crippen molar-refractivity contribution >= 4 is 6.29 Å². The fourth-order valence-corrected chi connectivity index (χ4v) is 5.00. The Kier molecular flexibility index (Phi) is 14.4. The molecule has 0 bridgehead atoms. The number of unbranched alkanes of at least 4 members (excludes halogenated alkanes) is 4. The highest BCUT2D eigenvalue weighted by Crippen LogP contribution is 2.30. The van der Waals surface area contributed by atoms with Gasteiger partial charge in [0.2, 0.25) is 0 Å². The number of phenols is 1. The maximum Gasteiger partial charge on any atom is 0.150 e. The summed E-state index contributed by atoms with van der Waals surface area (Å²) in [4.78, 5) is 11.3. The third kappa shape index (κ3) is 11.3. The number of aryl methyl sites for hydroxylation is 4. The van der Waals surface area contributed by atoms with Gasteiger partial charge in [0.25, 0.3) is 0 Å². The zero-order valence-electron chi connectivity index (χ0n) is 26.4. The van der Waals surface area contributed by atoms with E-state index in [1.807, 2.05) is 74.5 Å². The molecule has 4 nitrogen and oxygen atoms in total. The number of benzene rings is 4. The summed E-state index contributed by atoms with van der Waals surface area (Å²) in [7, 11) is 0. The van der Waals surface area contributed by atoms with Crippen LogP contribution < -0.4 is 9.47 Å². The number of ether oxygens (including phenoxy) is 2. The van der Waals surface area contributed by atoms with E-state index in [-0.39, 0.29) is 0 Å². The molecule has 4 rings (SSSR count). The predicted molar refractivity (Wildman–Crippen MR) is 177 cm³/mol. The zero-order valence-corrected chi connectivity index (χ0v) is 26.4. The second kappa shape index (κ2) is 18.5. The molecular weight excluding hydrogens is 532 g/mol. The van der Waals surface area contributed by atoms with Crippen molar-refractivity contribution in [1.29, 1.82) is 0 Å². The van der Waals surface area contributed by atoms with Crippen molar-refractivity contribution in [3.63, 3.8) is 0 Å². The molecule has 1 N–H and O–H groups in total. The molecule has 228 valence electrons. The molecule has 0 aliphatic rings. The molecule has 0 atom stereocenters. The van der Waals surface area contributed by atoms with Crippen molar-refractivity contribution in [1.82, 2.24) is 0 Å². The van der Waals surface area contributed by atoms with Crippen LogP contribution in [0.2, 0.25) is 0 Å². The Morgan fingerprint density at radius 1 is 0.628 bits per heavy atom. The van der Waals surface area contributed by atoms with Gasteiger partial charge in [-0.2, -0.15) is 0 Å². The Bertz CT molecular complexity index is 1380. The number of rotatable bonds is 15. The largest absolute Gasteiger partial charge is 0.507 e. The number of carbonyl (C=O) groups excluding carboxylic acids is 1. The second-order valence-corrected chi connectivity index (χ2v) is 11.1. The SMILES string of the molecule is CCCCCc1cc(OCc2ccccc2)cc(C)c1C=O.CCCCCc1cc(OCc2ccccc2)cc(C)c1O. The van der Waals surface area contributed by atoms with Crippen molar-refractivity contribution in [2.75, 3.05) is 0 Å². The first-order valence-electron chi connectivity index (χ1n) is 15.7. The van der Waals surface area contributed by atoms with Crippen LogP contribution in [0, 0.1) is 13.8 Å². The van der Waals surface area contributed by atoms with Crippen LogP contribution >= 0.6 is 0 Å². The number of phenolic OH excluding ortho intramolecular Hbond substituents is 1. The first-order valence-corrected chi connectivity index (χ1v) is 15.7. The van der Waals surface area contributed by atoms with Gasteiger partial charge in [0.05, 0.1) is 0 Å². The minimum Gasteiger partial charge on any atom is -0.507 e. The van der Waals surface area contributed by atoms with Crippen LogP contribution in [-0.4, -0.2) is 11.4 Å². The Labute approximate surface area is 258 Å². The van der Waals surface area contributed by atoms with Crippen LogP contribution in [-0.2, 0) is 26.1 Å². The van der Waals surface area contributed by atoms with Crippen LogP contribution in [0.4, 0.5) is 0 Å². The predicted octanol–water partition coefficient (Wildman–Crippen LogP) is 10.1. The molecular formula is C39H48O4. The standard InChI is InChI=1S/C20H24O2.C19H24O2/c1-3-4-6-11-18-13-19(12-16(2)20(18)14-21)22-15-17-9-7-5-8-10-17;1-3-4-6-11-17-13-18(12-15(2)19(17)20)21-14-16-9-7-5-8-10-16/h5,7-10,12-14H,3-4,6,11,15H2,1-2H3;5,7-10,12-13,20H,3-4,6,11,14H2,1-2H3. The van der Waals surface area contributed by atoms with Crippen molar-refractivity contribution in [2.24, 2.45) is 0 Å². The average molecular weight is 581 g/mol. The molecule has 0 saturated heterocycles. The van der Waals surface area contributed by atoms with Gasteiger partial charge >= 0.3 is 0 Å². The molecule has 0 spiro atoms. The molecule has 0 aromatic heterocycles. The summed E-state index contributed by atoms with van der Waals surface area (Å²) in [6.07, 6.45) is 9.76. The third-order valence-corrected chi connectivity index (χ3v) is 7.51. The highest BCUT2D eigenvalue weighted by Gasteiger charge is 2.10. The first-order chi connectivity index (χ1) is 20.9.